The Morgan fingerprint density at radius 2 is 1.54 bits per heavy atom. The molecule has 5 aromatic rings. The Hall–Kier alpha value is -4.11. The summed E-state index contributed by atoms with van der Waals surface area (Å²) in [7, 11) is 1.65. The van der Waals surface area contributed by atoms with Gasteiger partial charge < -0.3 is 13.9 Å². The van der Waals surface area contributed by atoms with E-state index in [-0.39, 0.29) is 0 Å². The lowest BCUT2D eigenvalue weighted by molar-refractivity contribution is 0.340. The third-order valence-corrected chi connectivity index (χ3v) is 6.11. The molecule has 35 heavy (non-hydrogen) atoms. The fourth-order valence-corrected chi connectivity index (χ4v) is 4.31. The Balaban J connectivity index is 1.45. The number of ether oxygens (including phenoxy) is 2. The van der Waals surface area contributed by atoms with Gasteiger partial charge in [0, 0.05) is 16.8 Å². The summed E-state index contributed by atoms with van der Waals surface area (Å²) in [6, 6.07) is 25.3. The molecule has 0 spiro atoms. The molecule has 0 atom stereocenters. The van der Waals surface area contributed by atoms with Crippen LogP contribution in [0.4, 0.5) is 0 Å². The molecule has 176 valence electrons. The third-order valence-electron chi connectivity index (χ3n) is 5.20. The van der Waals surface area contributed by atoms with Crippen molar-refractivity contribution >= 4 is 11.8 Å². The molecule has 0 aliphatic rings. The van der Waals surface area contributed by atoms with E-state index in [0.717, 1.165) is 34.1 Å². The number of nitrogens with zero attached hydrogens (tertiary/aromatic N) is 5. The van der Waals surface area contributed by atoms with Gasteiger partial charge in [0.15, 0.2) is 11.0 Å². The van der Waals surface area contributed by atoms with E-state index in [1.807, 2.05) is 90.4 Å². The molecule has 0 aliphatic heterocycles. The molecular formula is C26H23N5O3S. The summed E-state index contributed by atoms with van der Waals surface area (Å²) in [5.74, 6) is 3.77. The van der Waals surface area contributed by atoms with Gasteiger partial charge in [0.1, 0.15) is 11.5 Å². The van der Waals surface area contributed by atoms with Crippen molar-refractivity contribution in [2.75, 3.05) is 13.7 Å². The molecule has 0 amide bonds. The first kappa shape index (κ1) is 22.7. The largest absolute Gasteiger partial charge is 0.497 e. The van der Waals surface area contributed by atoms with E-state index >= 15 is 0 Å². The van der Waals surface area contributed by atoms with Crippen LogP contribution in [0.3, 0.4) is 0 Å². The highest BCUT2D eigenvalue weighted by atomic mass is 32.2. The molecule has 5 rings (SSSR count). The number of rotatable bonds is 9. The van der Waals surface area contributed by atoms with Crippen molar-refractivity contribution in [1.82, 2.24) is 25.0 Å². The smallest absolute Gasteiger partial charge is 0.247 e. The average Bonchev–Trinajstić information content (AvgIpc) is 3.56. The molecule has 3 aromatic carbocycles. The van der Waals surface area contributed by atoms with Gasteiger partial charge in [0.25, 0.3) is 0 Å². The Morgan fingerprint density at radius 3 is 2.26 bits per heavy atom. The molecular weight excluding hydrogens is 462 g/mol. The first-order chi connectivity index (χ1) is 17.2. The number of hydrogen-bond donors (Lipinski definition) is 0. The monoisotopic (exact) mass is 485 g/mol. The highest BCUT2D eigenvalue weighted by Crippen LogP contribution is 2.31. The van der Waals surface area contributed by atoms with Crippen LogP contribution in [0.25, 0.3) is 28.5 Å². The van der Waals surface area contributed by atoms with Gasteiger partial charge >= 0.3 is 0 Å². The van der Waals surface area contributed by atoms with E-state index in [1.165, 1.54) is 11.8 Å². The second-order valence-corrected chi connectivity index (χ2v) is 8.40. The molecule has 0 radical (unpaired) electrons. The third kappa shape index (κ3) is 5.04. The number of benzene rings is 3. The zero-order valence-electron chi connectivity index (χ0n) is 19.3. The van der Waals surface area contributed by atoms with E-state index < -0.39 is 0 Å². The summed E-state index contributed by atoms with van der Waals surface area (Å²) in [6.45, 7) is 2.57. The van der Waals surface area contributed by atoms with Crippen LogP contribution >= 0.6 is 11.8 Å². The highest BCUT2D eigenvalue weighted by molar-refractivity contribution is 7.98. The van der Waals surface area contributed by atoms with Crippen molar-refractivity contribution in [3.63, 3.8) is 0 Å². The van der Waals surface area contributed by atoms with Gasteiger partial charge in [-0.1, -0.05) is 30.0 Å². The molecule has 2 aromatic heterocycles. The van der Waals surface area contributed by atoms with E-state index in [2.05, 4.69) is 20.4 Å². The van der Waals surface area contributed by atoms with Gasteiger partial charge in [-0.05, 0) is 67.6 Å². The van der Waals surface area contributed by atoms with Gasteiger partial charge in [-0.25, -0.2) is 0 Å². The minimum Gasteiger partial charge on any atom is -0.497 e. The minimum absolute atomic E-state index is 0.456. The Bertz CT molecular complexity index is 1380. The SMILES string of the molecule is CCOc1ccc(-n2c(SCc3nnc(-c4ccccc4)o3)nnc2-c2ccc(OC)cc2)cc1. The standard InChI is InChI=1S/C26H23N5O3S/c1-3-33-22-15-11-20(12-16-22)31-24(18-9-13-21(32-2)14-10-18)28-30-26(31)35-17-23-27-29-25(34-23)19-7-5-4-6-8-19/h4-16H,3,17H2,1-2H3. The lowest BCUT2D eigenvalue weighted by atomic mass is 10.2. The van der Waals surface area contributed by atoms with Crippen LogP contribution in [0.2, 0.25) is 0 Å². The number of aromatic nitrogens is 5. The molecule has 0 saturated heterocycles. The van der Waals surface area contributed by atoms with Crippen molar-refractivity contribution < 1.29 is 13.9 Å². The van der Waals surface area contributed by atoms with E-state index in [4.69, 9.17) is 13.9 Å². The number of thioether (sulfide) groups is 1. The predicted molar refractivity (Wildman–Crippen MR) is 134 cm³/mol. The zero-order valence-corrected chi connectivity index (χ0v) is 20.1. The van der Waals surface area contributed by atoms with Crippen LogP contribution in [-0.2, 0) is 5.75 Å². The normalized spacial score (nSPS) is 10.9. The van der Waals surface area contributed by atoms with Gasteiger partial charge in [-0.3, -0.25) is 4.57 Å². The lowest BCUT2D eigenvalue weighted by Crippen LogP contribution is -2.00. The van der Waals surface area contributed by atoms with E-state index in [1.54, 1.807) is 7.11 Å². The summed E-state index contributed by atoms with van der Waals surface area (Å²) in [5, 5.41) is 18.1. The summed E-state index contributed by atoms with van der Waals surface area (Å²) in [4.78, 5) is 0. The first-order valence-electron chi connectivity index (χ1n) is 11.1. The highest BCUT2D eigenvalue weighted by Gasteiger charge is 2.18. The summed E-state index contributed by atoms with van der Waals surface area (Å²) >= 11 is 1.48. The first-order valence-corrected chi connectivity index (χ1v) is 12.1. The van der Waals surface area contributed by atoms with Crippen LogP contribution < -0.4 is 9.47 Å². The summed E-state index contributed by atoms with van der Waals surface area (Å²) in [6.07, 6.45) is 0. The molecule has 9 heteroatoms. The lowest BCUT2D eigenvalue weighted by Gasteiger charge is -2.11. The average molecular weight is 486 g/mol. The molecule has 0 fully saturated rings. The van der Waals surface area contributed by atoms with Gasteiger partial charge in [0.05, 0.1) is 19.5 Å². The maximum Gasteiger partial charge on any atom is 0.247 e. The van der Waals surface area contributed by atoms with Crippen molar-refractivity contribution in [2.24, 2.45) is 0 Å². The zero-order chi connectivity index (χ0) is 24.0. The maximum absolute atomic E-state index is 5.87. The molecule has 0 unspecified atom stereocenters. The van der Waals surface area contributed by atoms with Gasteiger partial charge in [-0.15, -0.1) is 20.4 Å². The molecule has 0 N–H and O–H groups in total. The van der Waals surface area contributed by atoms with Crippen molar-refractivity contribution in [2.45, 2.75) is 17.8 Å². The maximum atomic E-state index is 5.87. The van der Waals surface area contributed by atoms with Crippen LogP contribution in [0.5, 0.6) is 11.5 Å². The minimum atomic E-state index is 0.456. The van der Waals surface area contributed by atoms with Crippen molar-refractivity contribution in [1.29, 1.82) is 0 Å². The second-order valence-electron chi connectivity index (χ2n) is 7.45. The fourth-order valence-electron chi connectivity index (χ4n) is 3.52. The van der Waals surface area contributed by atoms with Crippen molar-refractivity contribution in [3.8, 4) is 40.0 Å². The predicted octanol–water partition coefficient (Wildman–Crippen LogP) is 5.68. The molecule has 2 heterocycles. The Labute approximate surface area is 206 Å². The second kappa shape index (κ2) is 10.4. The molecule has 0 aliphatic carbocycles. The summed E-state index contributed by atoms with van der Waals surface area (Å²) in [5.41, 5.74) is 2.72. The Kier molecular flexibility index (Phi) is 6.76. The van der Waals surface area contributed by atoms with Gasteiger partial charge in [0.2, 0.25) is 11.8 Å². The molecule has 0 saturated carbocycles. The van der Waals surface area contributed by atoms with Crippen LogP contribution in [-0.4, -0.2) is 38.7 Å². The van der Waals surface area contributed by atoms with Crippen LogP contribution in [0, 0.1) is 0 Å². The topological polar surface area (TPSA) is 88.1 Å². The Morgan fingerprint density at radius 1 is 0.800 bits per heavy atom. The molecule has 0 bridgehead atoms. The fraction of sp³-hybridized carbons (Fsp3) is 0.154. The van der Waals surface area contributed by atoms with Crippen LogP contribution in [0.15, 0.2) is 88.4 Å². The van der Waals surface area contributed by atoms with E-state index in [0.29, 0.717) is 29.3 Å². The number of hydrogen-bond acceptors (Lipinski definition) is 8. The number of methoxy groups -OCH3 is 1. The molecule has 8 nitrogen and oxygen atoms in total. The quantitative estimate of drug-likeness (QED) is 0.246. The van der Waals surface area contributed by atoms with Crippen LogP contribution in [0.1, 0.15) is 12.8 Å². The summed E-state index contributed by atoms with van der Waals surface area (Å²) < 4.78 is 18.8. The van der Waals surface area contributed by atoms with Crippen molar-refractivity contribution in [3.05, 3.63) is 84.8 Å². The van der Waals surface area contributed by atoms with E-state index in [9.17, 15) is 0 Å². The van der Waals surface area contributed by atoms with Gasteiger partial charge in [-0.2, -0.15) is 0 Å².